The van der Waals surface area contributed by atoms with Crippen molar-refractivity contribution in [1.29, 1.82) is 0 Å². The van der Waals surface area contributed by atoms with Gasteiger partial charge >= 0.3 is 0 Å². The Hall–Kier alpha value is -2.36. The first-order valence-electron chi connectivity index (χ1n) is 5.57. The predicted molar refractivity (Wildman–Crippen MR) is 68.2 cm³/mol. The van der Waals surface area contributed by atoms with E-state index in [2.05, 4.69) is 4.98 Å². The molecule has 0 amide bonds. The Morgan fingerprint density at radius 2 is 2.06 bits per heavy atom. The molecule has 1 aliphatic carbocycles. The fraction of sp³-hybridized carbons (Fsp3) is 0.143. The predicted octanol–water partition coefficient (Wildman–Crippen LogP) is 2.61. The van der Waals surface area contributed by atoms with Gasteiger partial charge in [0.1, 0.15) is 11.2 Å². The average Bonchev–Trinajstić information content (AvgIpc) is 2.36. The summed E-state index contributed by atoms with van der Waals surface area (Å²) in [5.74, 6) is 0.587. The molecular formula is C14H11NO3. The third-order valence-corrected chi connectivity index (χ3v) is 2.83. The molecule has 3 rings (SSSR count). The molecule has 0 unspecified atom stereocenters. The Morgan fingerprint density at radius 1 is 1.22 bits per heavy atom. The van der Waals surface area contributed by atoms with E-state index in [1.165, 1.54) is 13.2 Å². The van der Waals surface area contributed by atoms with Crippen molar-refractivity contribution in [2.75, 3.05) is 7.11 Å². The van der Waals surface area contributed by atoms with E-state index in [-0.39, 0.29) is 11.2 Å². The summed E-state index contributed by atoms with van der Waals surface area (Å²) in [6, 6.07) is 8.80. The van der Waals surface area contributed by atoms with Gasteiger partial charge in [0.25, 0.3) is 0 Å². The maximum Gasteiger partial charge on any atom is 0.224 e. The zero-order chi connectivity index (χ0) is 12.7. The van der Waals surface area contributed by atoms with Crippen LogP contribution in [-0.2, 0) is 0 Å². The fourth-order valence-electron chi connectivity index (χ4n) is 1.95. The highest BCUT2D eigenvalue weighted by atomic mass is 16.5. The van der Waals surface area contributed by atoms with Gasteiger partial charge in [0.2, 0.25) is 11.2 Å². The number of methoxy groups -OCH3 is 1. The third-order valence-electron chi connectivity index (χ3n) is 2.83. The molecule has 0 saturated carbocycles. The number of hydrogen-bond acceptors (Lipinski definition) is 4. The van der Waals surface area contributed by atoms with Crippen molar-refractivity contribution in [3.8, 4) is 17.2 Å². The molecular weight excluding hydrogens is 230 g/mol. The van der Waals surface area contributed by atoms with Gasteiger partial charge in [-0.05, 0) is 36.8 Å². The molecule has 4 heteroatoms. The summed E-state index contributed by atoms with van der Waals surface area (Å²) < 4.78 is 10.8. The van der Waals surface area contributed by atoms with Gasteiger partial charge in [0.15, 0.2) is 11.3 Å². The van der Waals surface area contributed by atoms with E-state index in [9.17, 15) is 4.79 Å². The number of aromatic nitrogens is 1. The van der Waals surface area contributed by atoms with Crippen LogP contribution in [0.4, 0.5) is 0 Å². The summed E-state index contributed by atoms with van der Waals surface area (Å²) in [6.07, 6.45) is 0. The summed E-state index contributed by atoms with van der Waals surface area (Å²) in [6.45, 7) is 1.99. The van der Waals surface area contributed by atoms with E-state index in [1.54, 1.807) is 6.07 Å². The highest BCUT2D eigenvalue weighted by molar-refractivity contribution is 5.78. The van der Waals surface area contributed by atoms with Crippen molar-refractivity contribution in [2.24, 2.45) is 0 Å². The van der Waals surface area contributed by atoms with Gasteiger partial charge in [-0.1, -0.05) is 6.07 Å². The third kappa shape index (κ3) is 1.54. The van der Waals surface area contributed by atoms with Crippen molar-refractivity contribution in [2.45, 2.75) is 6.92 Å². The lowest BCUT2D eigenvalue weighted by molar-refractivity contribution is 0.398. The second kappa shape index (κ2) is 3.84. The second-order valence-corrected chi connectivity index (χ2v) is 4.13. The molecule has 0 radical (unpaired) electrons. The topological polar surface area (TPSA) is 52.3 Å². The number of aryl methyl sites for hydroxylation is 1. The normalized spacial score (nSPS) is 11.0. The van der Waals surface area contributed by atoms with Crippen LogP contribution < -0.4 is 10.2 Å². The van der Waals surface area contributed by atoms with Crippen LogP contribution in [0.25, 0.3) is 22.6 Å². The van der Waals surface area contributed by atoms with Crippen LogP contribution in [0.15, 0.2) is 39.5 Å². The molecule has 4 nitrogen and oxygen atoms in total. The van der Waals surface area contributed by atoms with Gasteiger partial charge < -0.3 is 9.15 Å². The first-order chi connectivity index (χ1) is 8.69. The SMILES string of the molecule is COc1c2oc3ccc(C)cc3nc-2ccc1=O. The highest BCUT2D eigenvalue weighted by Gasteiger charge is 2.17. The van der Waals surface area contributed by atoms with Gasteiger partial charge in [-0.25, -0.2) is 4.98 Å². The van der Waals surface area contributed by atoms with Crippen LogP contribution in [-0.4, -0.2) is 12.1 Å². The molecule has 1 heterocycles. The average molecular weight is 241 g/mol. The monoisotopic (exact) mass is 241 g/mol. The molecule has 0 bridgehead atoms. The maximum absolute atomic E-state index is 11.6. The number of fused-ring (bicyclic) bond motifs is 2. The molecule has 90 valence electrons. The lowest BCUT2D eigenvalue weighted by Gasteiger charge is -2.09. The van der Waals surface area contributed by atoms with Crippen LogP contribution in [0.1, 0.15) is 5.56 Å². The van der Waals surface area contributed by atoms with Gasteiger partial charge in [-0.15, -0.1) is 0 Å². The Morgan fingerprint density at radius 3 is 2.83 bits per heavy atom. The van der Waals surface area contributed by atoms with E-state index < -0.39 is 0 Å². The lowest BCUT2D eigenvalue weighted by atomic mass is 10.2. The van der Waals surface area contributed by atoms with Gasteiger partial charge in [0.05, 0.1) is 7.11 Å². The maximum atomic E-state index is 11.6. The molecule has 1 aliphatic heterocycles. The first-order valence-corrected chi connectivity index (χ1v) is 5.57. The Kier molecular flexibility index (Phi) is 2.30. The molecule has 0 saturated heterocycles. The molecule has 18 heavy (non-hydrogen) atoms. The minimum Gasteiger partial charge on any atom is -0.490 e. The summed E-state index contributed by atoms with van der Waals surface area (Å²) in [7, 11) is 1.45. The standard InChI is InChI=1S/C14H11NO3/c1-8-3-6-12-10(7-8)15-9-4-5-11(16)14(17-2)13(9)18-12/h3-7H,1-2H3. The van der Waals surface area contributed by atoms with Crippen LogP contribution in [0.2, 0.25) is 0 Å². The van der Waals surface area contributed by atoms with Gasteiger partial charge in [0, 0.05) is 0 Å². The van der Waals surface area contributed by atoms with E-state index in [1.807, 2.05) is 25.1 Å². The van der Waals surface area contributed by atoms with Gasteiger partial charge in [-0.2, -0.15) is 0 Å². The molecule has 0 atom stereocenters. The minimum atomic E-state index is -0.206. The number of ether oxygens (including phenoxy) is 1. The Bertz CT molecular complexity index is 761. The minimum absolute atomic E-state index is 0.197. The molecule has 0 spiro atoms. The second-order valence-electron chi connectivity index (χ2n) is 4.13. The van der Waals surface area contributed by atoms with Crippen molar-refractivity contribution >= 4 is 11.1 Å². The van der Waals surface area contributed by atoms with Crippen molar-refractivity contribution in [3.63, 3.8) is 0 Å². The van der Waals surface area contributed by atoms with E-state index in [0.29, 0.717) is 17.0 Å². The summed E-state index contributed by atoms with van der Waals surface area (Å²) in [4.78, 5) is 16.1. The van der Waals surface area contributed by atoms with Crippen LogP contribution >= 0.6 is 0 Å². The van der Waals surface area contributed by atoms with Crippen molar-refractivity contribution < 1.29 is 9.15 Å². The van der Waals surface area contributed by atoms with Gasteiger partial charge in [-0.3, -0.25) is 4.79 Å². The molecule has 1 aromatic rings. The largest absolute Gasteiger partial charge is 0.490 e. The first kappa shape index (κ1) is 10.8. The fourth-order valence-corrected chi connectivity index (χ4v) is 1.95. The van der Waals surface area contributed by atoms with Crippen molar-refractivity contribution in [1.82, 2.24) is 4.98 Å². The highest BCUT2D eigenvalue weighted by Crippen LogP contribution is 2.30. The Balaban J connectivity index is 2.45. The number of rotatable bonds is 1. The lowest BCUT2D eigenvalue weighted by Crippen LogP contribution is -2.06. The smallest absolute Gasteiger partial charge is 0.224 e. The molecule has 0 N–H and O–H groups in total. The summed E-state index contributed by atoms with van der Waals surface area (Å²) in [5.41, 5.74) is 2.92. The van der Waals surface area contributed by atoms with Crippen LogP contribution in [0, 0.1) is 6.92 Å². The Labute approximate surface area is 103 Å². The quantitative estimate of drug-likeness (QED) is 0.614. The summed E-state index contributed by atoms with van der Waals surface area (Å²) in [5, 5.41) is 0. The van der Waals surface area contributed by atoms with E-state index in [0.717, 1.165) is 11.1 Å². The number of nitrogens with zero attached hydrogens (tertiary/aromatic N) is 1. The van der Waals surface area contributed by atoms with Crippen LogP contribution in [0.5, 0.6) is 5.75 Å². The molecule has 2 aliphatic rings. The zero-order valence-corrected chi connectivity index (χ0v) is 10.1. The van der Waals surface area contributed by atoms with E-state index in [4.69, 9.17) is 9.15 Å². The van der Waals surface area contributed by atoms with Crippen LogP contribution in [0.3, 0.4) is 0 Å². The summed E-state index contributed by atoms with van der Waals surface area (Å²) >= 11 is 0. The van der Waals surface area contributed by atoms with Crippen molar-refractivity contribution in [3.05, 3.63) is 46.1 Å². The molecule has 0 aromatic heterocycles. The number of hydrogen-bond donors (Lipinski definition) is 0. The zero-order valence-electron chi connectivity index (χ0n) is 10.1. The number of benzene rings is 2. The molecule has 1 aromatic carbocycles. The molecule has 0 fully saturated rings. The van der Waals surface area contributed by atoms with E-state index >= 15 is 0 Å².